The Morgan fingerprint density at radius 3 is 2.57 bits per heavy atom. The molecule has 0 saturated heterocycles. The molecule has 0 aliphatic carbocycles. The normalized spacial score (nSPS) is 12.3. The molecule has 1 heterocycles. The average molecular weight is 524 g/mol. The third-order valence-corrected chi connectivity index (χ3v) is 6.10. The van der Waals surface area contributed by atoms with Gasteiger partial charge in [0.15, 0.2) is 5.75 Å². The summed E-state index contributed by atoms with van der Waals surface area (Å²) in [6.07, 6.45) is 0.263. The van der Waals surface area contributed by atoms with Gasteiger partial charge in [-0.1, -0.05) is 42.5 Å². The van der Waals surface area contributed by atoms with Crippen LogP contribution in [0.2, 0.25) is 0 Å². The Balaban J connectivity index is 1.35. The fourth-order valence-corrected chi connectivity index (χ4v) is 4.47. The van der Waals surface area contributed by atoms with Crippen molar-refractivity contribution in [3.05, 3.63) is 78.4 Å². The van der Waals surface area contributed by atoms with Crippen molar-refractivity contribution in [2.24, 2.45) is 0 Å². The molecule has 3 aromatic carbocycles. The minimum Gasteiger partial charge on any atom is -0.492 e. The molecule has 0 unspecified atom stereocenters. The maximum absolute atomic E-state index is 11.7. The van der Waals surface area contributed by atoms with E-state index in [1.165, 1.54) is 6.92 Å². The van der Waals surface area contributed by atoms with E-state index in [1.807, 2.05) is 48.5 Å². The van der Waals surface area contributed by atoms with Crippen molar-refractivity contribution in [3.8, 4) is 22.8 Å². The van der Waals surface area contributed by atoms with Crippen LogP contribution in [0.1, 0.15) is 18.6 Å². The smallest absolute Gasteiger partial charge is 0.308 e. The van der Waals surface area contributed by atoms with E-state index >= 15 is 0 Å². The first-order valence-electron chi connectivity index (χ1n) is 11.7. The van der Waals surface area contributed by atoms with E-state index in [0.29, 0.717) is 35.9 Å². The number of ether oxygens (including phenoxy) is 2. The topological polar surface area (TPSA) is 130 Å². The van der Waals surface area contributed by atoms with E-state index in [9.17, 15) is 18.3 Å². The lowest BCUT2D eigenvalue weighted by molar-refractivity contribution is -0.131. The molecule has 1 aromatic heterocycles. The summed E-state index contributed by atoms with van der Waals surface area (Å²) >= 11 is 0. The summed E-state index contributed by atoms with van der Waals surface area (Å²) in [6.45, 7) is 2.48. The van der Waals surface area contributed by atoms with Crippen molar-refractivity contribution < 1.29 is 27.8 Å². The highest BCUT2D eigenvalue weighted by molar-refractivity contribution is 7.92. The van der Waals surface area contributed by atoms with Crippen molar-refractivity contribution in [2.75, 3.05) is 30.7 Å². The van der Waals surface area contributed by atoms with Gasteiger partial charge in [0.25, 0.3) is 0 Å². The Morgan fingerprint density at radius 1 is 1.05 bits per heavy atom. The fraction of sp³-hybridized carbons (Fsp3) is 0.222. The monoisotopic (exact) mass is 523 g/mol. The molecule has 4 N–H and O–H groups in total. The Labute approximate surface area is 215 Å². The molecular weight excluding hydrogens is 494 g/mol. The zero-order valence-corrected chi connectivity index (χ0v) is 21.3. The van der Waals surface area contributed by atoms with Gasteiger partial charge in [-0.25, -0.2) is 8.42 Å². The molecule has 0 saturated carbocycles. The highest BCUT2D eigenvalue weighted by atomic mass is 32.2. The molecule has 0 fully saturated rings. The molecule has 9 nitrogen and oxygen atoms in total. The Morgan fingerprint density at radius 2 is 1.84 bits per heavy atom. The average Bonchev–Trinajstić information content (AvgIpc) is 3.20. The first-order chi connectivity index (χ1) is 17.7. The Hall–Kier alpha value is -3.86. The van der Waals surface area contributed by atoms with Gasteiger partial charge in [-0.3, -0.25) is 9.52 Å². The van der Waals surface area contributed by atoms with Gasteiger partial charge in [-0.05, 0) is 29.8 Å². The van der Waals surface area contributed by atoms with Crippen LogP contribution in [0.5, 0.6) is 11.5 Å². The Kier molecular flexibility index (Phi) is 8.12. The predicted octanol–water partition coefficient (Wildman–Crippen LogP) is 3.83. The molecule has 1 atom stereocenters. The van der Waals surface area contributed by atoms with Gasteiger partial charge in [-0.15, -0.1) is 0 Å². The molecule has 0 aliphatic heterocycles. The number of carbonyl (C=O) groups excluding carboxylic acids is 1. The van der Waals surface area contributed by atoms with Crippen molar-refractivity contribution >= 4 is 32.6 Å². The summed E-state index contributed by atoms with van der Waals surface area (Å²) in [5, 5.41) is 14.4. The van der Waals surface area contributed by atoms with Crippen LogP contribution in [0, 0.1) is 0 Å². The number of esters is 1. The number of carbonyl (C=O) groups is 1. The molecule has 0 spiro atoms. The van der Waals surface area contributed by atoms with Gasteiger partial charge in [0.1, 0.15) is 12.4 Å². The molecule has 0 radical (unpaired) electrons. The number of anilines is 1. The molecule has 0 amide bonds. The fourth-order valence-electron chi connectivity index (χ4n) is 3.92. The second-order valence-corrected chi connectivity index (χ2v) is 10.3. The summed E-state index contributed by atoms with van der Waals surface area (Å²) < 4.78 is 36.6. The SMILES string of the molecule is CC(=O)Oc1c(-c2ccccc2)[nH]c2cc(OCCNC[C@H](O)c3cccc(NS(C)(=O)=O)c3)ccc12. The number of hydrogen-bond donors (Lipinski definition) is 4. The summed E-state index contributed by atoms with van der Waals surface area (Å²) in [5.41, 5.74) is 3.39. The van der Waals surface area contributed by atoms with Crippen molar-refractivity contribution in [2.45, 2.75) is 13.0 Å². The number of sulfonamides is 1. The predicted molar refractivity (Wildman–Crippen MR) is 143 cm³/mol. The van der Waals surface area contributed by atoms with E-state index in [0.717, 1.165) is 28.4 Å². The maximum atomic E-state index is 11.7. The summed E-state index contributed by atoms with van der Waals surface area (Å²) in [6, 6.07) is 21.8. The number of aliphatic hydroxyl groups is 1. The van der Waals surface area contributed by atoms with E-state index < -0.39 is 22.1 Å². The number of H-pyrrole nitrogens is 1. The van der Waals surface area contributed by atoms with Crippen molar-refractivity contribution in [3.63, 3.8) is 0 Å². The van der Waals surface area contributed by atoms with Gasteiger partial charge in [0.05, 0.1) is 23.6 Å². The van der Waals surface area contributed by atoms with Crippen molar-refractivity contribution in [1.82, 2.24) is 10.3 Å². The standard InChI is InChI=1S/C27H29N3O6S/c1-18(31)36-27-23-12-11-22(16-24(23)29-26(27)19-7-4-3-5-8-19)35-14-13-28-17-25(32)20-9-6-10-21(15-20)30-37(2,33)34/h3-12,15-16,25,28-30,32H,13-14,17H2,1-2H3/t25-/m0/s1. The largest absolute Gasteiger partial charge is 0.492 e. The first-order valence-corrected chi connectivity index (χ1v) is 13.6. The molecule has 37 heavy (non-hydrogen) atoms. The van der Waals surface area contributed by atoms with Gasteiger partial charge >= 0.3 is 5.97 Å². The zero-order chi connectivity index (χ0) is 26.4. The molecule has 4 rings (SSSR count). The van der Waals surface area contributed by atoms with Crippen LogP contribution in [0.3, 0.4) is 0 Å². The molecule has 0 aliphatic rings. The van der Waals surface area contributed by atoms with Gasteiger partial charge in [0, 0.05) is 42.7 Å². The highest BCUT2D eigenvalue weighted by Gasteiger charge is 2.17. The third kappa shape index (κ3) is 7.10. The number of aromatic nitrogens is 1. The number of aliphatic hydroxyl groups excluding tert-OH is 1. The molecule has 194 valence electrons. The Bertz CT molecular complexity index is 1480. The maximum Gasteiger partial charge on any atom is 0.308 e. The van der Waals surface area contributed by atoms with Crippen molar-refractivity contribution in [1.29, 1.82) is 0 Å². The minimum atomic E-state index is -3.39. The van der Waals surface area contributed by atoms with Crippen LogP contribution >= 0.6 is 0 Å². The highest BCUT2D eigenvalue weighted by Crippen LogP contribution is 2.38. The lowest BCUT2D eigenvalue weighted by atomic mass is 10.1. The van der Waals surface area contributed by atoms with E-state index in [1.54, 1.807) is 24.3 Å². The first kappa shape index (κ1) is 26.2. The molecule has 4 aromatic rings. The van der Waals surface area contributed by atoms with Crippen LogP contribution < -0.4 is 19.5 Å². The number of nitrogens with one attached hydrogen (secondary N) is 3. The number of benzene rings is 3. The summed E-state index contributed by atoms with van der Waals surface area (Å²) in [7, 11) is -3.39. The molecule has 10 heteroatoms. The van der Waals surface area contributed by atoms with Gasteiger partial charge in [-0.2, -0.15) is 0 Å². The summed E-state index contributed by atoms with van der Waals surface area (Å²) in [4.78, 5) is 15.0. The second-order valence-electron chi connectivity index (χ2n) is 8.56. The van der Waals surface area contributed by atoms with Gasteiger partial charge < -0.3 is 24.9 Å². The van der Waals surface area contributed by atoms with Crippen LogP contribution in [0.25, 0.3) is 22.2 Å². The van der Waals surface area contributed by atoms with Gasteiger partial charge in [0.2, 0.25) is 10.0 Å². The number of rotatable bonds is 11. The number of hydrogen-bond acceptors (Lipinski definition) is 7. The zero-order valence-electron chi connectivity index (χ0n) is 20.5. The van der Waals surface area contributed by atoms with E-state index in [2.05, 4.69) is 15.0 Å². The summed E-state index contributed by atoms with van der Waals surface area (Å²) in [5.74, 6) is 0.724. The van der Waals surface area contributed by atoms with Crippen LogP contribution in [-0.4, -0.2) is 50.4 Å². The van der Waals surface area contributed by atoms with Crippen LogP contribution in [0.15, 0.2) is 72.8 Å². The quantitative estimate of drug-likeness (QED) is 0.174. The third-order valence-electron chi connectivity index (χ3n) is 5.49. The molecule has 0 bridgehead atoms. The number of aromatic amines is 1. The lowest BCUT2D eigenvalue weighted by Crippen LogP contribution is -2.26. The second kappa shape index (κ2) is 11.5. The van der Waals surface area contributed by atoms with Crippen LogP contribution in [-0.2, 0) is 14.8 Å². The lowest BCUT2D eigenvalue weighted by Gasteiger charge is -2.14. The van der Waals surface area contributed by atoms with E-state index in [-0.39, 0.29) is 6.54 Å². The molecular formula is C27H29N3O6S. The van der Waals surface area contributed by atoms with Crippen LogP contribution in [0.4, 0.5) is 5.69 Å². The minimum absolute atomic E-state index is 0.271. The number of fused-ring (bicyclic) bond motifs is 1. The van der Waals surface area contributed by atoms with E-state index in [4.69, 9.17) is 9.47 Å².